The number of methoxy groups -OCH3 is 2. The van der Waals surface area contributed by atoms with E-state index in [1.54, 1.807) is 14.2 Å². The normalized spacial score (nSPS) is 17.5. The summed E-state index contributed by atoms with van der Waals surface area (Å²) in [5.41, 5.74) is 2.24. The summed E-state index contributed by atoms with van der Waals surface area (Å²) < 4.78 is 34.8. The summed E-state index contributed by atoms with van der Waals surface area (Å²) in [6.07, 6.45) is -0.179. The molecule has 0 spiro atoms. The lowest BCUT2D eigenvalue weighted by atomic mass is 9.74. The predicted octanol–water partition coefficient (Wildman–Crippen LogP) is 7.16. The first kappa shape index (κ1) is 33.5. The van der Waals surface area contributed by atoms with Crippen LogP contribution in [0, 0.1) is 11.8 Å². The van der Waals surface area contributed by atoms with Crippen molar-refractivity contribution in [3.8, 4) is 28.7 Å². The molecule has 248 valence electrons. The molecule has 4 aromatic rings. The van der Waals surface area contributed by atoms with Crippen LogP contribution in [0.15, 0.2) is 103 Å². The van der Waals surface area contributed by atoms with E-state index in [2.05, 4.69) is 24.3 Å². The third-order valence-corrected chi connectivity index (χ3v) is 8.32. The number of amides is 1. The van der Waals surface area contributed by atoms with Gasteiger partial charge in [0.25, 0.3) is 0 Å². The monoisotopic (exact) mass is 641 g/mol. The third-order valence-electron chi connectivity index (χ3n) is 8.32. The van der Waals surface area contributed by atoms with Gasteiger partial charge >= 0.3 is 6.09 Å². The molecule has 1 aliphatic rings. The fourth-order valence-corrected chi connectivity index (χ4v) is 5.92. The van der Waals surface area contributed by atoms with Gasteiger partial charge in [-0.2, -0.15) is 0 Å². The molecule has 1 amide bonds. The molecule has 9 heteroatoms. The Bertz CT molecular complexity index is 1430. The number of carboxylic acid groups (broad SMARTS) is 1. The minimum Gasteiger partial charge on any atom is -0.497 e. The first-order chi connectivity index (χ1) is 23.0. The van der Waals surface area contributed by atoms with Gasteiger partial charge in [0.15, 0.2) is 0 Å². The van der Waals surface area contributed by atoms with Gasteiger partial charge in [-0.15, -0.1) is 0 Å². The topological polar surface area (TPSA) is 95.9 Å². The van der Waals surface area contributed by atoms with Gasteiger partial charge in [-0.1, -0.05) is 42.5 Å². The lowest BCUT2D eigenvalue weighted by Gasteiger charge is -2.43. The highest BCUT2D eigenvalue weighted by molar-refractivity contribution is 5.65. The smallest absolute Gasteiger partial charge is 0.407 e. The van der Waals surface area contributed by atoms with E-state index in [0.717, 1.165) is 34.8 Å². The Morgan fingerprint density at radius 2 is 1.15 bits per heavy atom. The average Bonchev–Trinajstić information content (AvgIpc) is 3.12. The SMILES string of the molecule is COc1ccc(OCC2CN(C(=O)O)CC(COc3ccc(OC)cc3)C2c2ccc(OCCCOCc3ccccc3)cc2)cc1. The number of hydrogen-bond donors (Lipinski definition) is 1. The number of benzene rings is 4. The van der Waals surface area contributed by atoms with Crippen LogP contribution in [0.25, 0.3) is 0 Å². The summed E-state index contributed by atoms with van der Waals surface area (Å²) in [7, 11) is 3.24. The van der Waals surface area contributed by atoms with Crippen molar-refractivity contribution in [2.45, 2.75) is 18.9 Å². The molecule has 1 aliphatic heterocycles. The van der Waals surface area contributed by atoms with Crippen molar-refractivity contribution in [3.63, 3.8) is 0 Å². The van der Waals surface area contributed by atoms with Crippen molar-refractivity contribution in [2.75, 3.05) is 53.7 Å². The lowest BCUT2D eigenvalue weighted by Crippen LogP contribution is -2.50. The molecule has 0 aromatic heterocycles. The van der Waals surface area contributed by atoms with Gasteiger partial charge in [-0.05, 0) is 77.7 Å². The van der Waals surface area contributed by atoms with E-state index < -0.39 is 6.09 Å². The zero-order valence-electron chi connectivity index (χ0n) is 27.0. The maximum atomic E-state index is 12.3. The molecule has 1 fully saturated rings. The van der Waals surface area contributed by atoms with Gasteiger partial charge in [0.2, 0.25) is 0 Å². The van der Waals surface area contributed by atoms with Gasteiger partial charge in [0, 0.05) is 31.3 Å². The van der Waals surface area contributed by atoms with Crippen LogP contribution in [-0.4, -0.2) is 69.8 Å². The maximum absolute atomic E-state index is 12.3. The van der Waals surface area contributed by atoms with Crippen LogP contribution in [0.3, 0.4) is 0 Å². The summed E-state index contributed by atoms with van der Waals surface area (Å²) >= 11 is 0. The summed E-state index contributed by atoms with van der Waals surface area (Å²) in [6, 6.07) is 33.0. The van der Waals surface area contributed by atoms with Crippen molar-refractivity contribution in [3.05, 3.63) is 114 Å². The first-order valence-corrected chi connectivity index (χ1v) is 15.9. The molecule has 4 aromatic carbocycles. The van der Waals surface area contributed by atoms with Crippen LogP contribution in [0.5, 0.6) is 28.7 Å². The molecule has 1 N–H and O–H groups in total. The summed E-state index contributed by atoms with van der Waals surface area (Å²) in [4.78, 5) is 13.7. The summed E-state index contributed by atoms with van der Waals surface area (Å²) in [5, 5.41) is 10.0. The van der Waals surface area contributed by atoms with Crippen LogP contribution < -0.4 is 23.7 Å². The van der Waals surface area contributed by atoms with Crippen molar-refractivity contribution >= 4 is 6.09 Å². The molecular weight excluding hydrogens is 598 g/mol. The maximum Gasteiger partial charge on any atom is 0.407 e. The standard InChI is InChI=1S/C38H43NO8/c1-42-32-13-17-35(18-14-32)46-26-30-23-39(38(40)41)24-31(27-47-36-19-15-33(43-2)16-20-36)37(30)29-9-11-34(12-10-29)45-22-6-21-44-25-28-7-4-3-5-8-28/h3-5,7-20,30-31,37H,6,21-27H2,1-2H3,(H,40,41). The van der Waals surface area contributed by atoms with E-state index in [4.69, 9.17) is 28.4 Å². The second-order valence-electron chi connectivity index (χ2n) is 11.5. The zero-order valence-corrected chi connectivity index (χ0v) is 27.0. The molecule has 47 heavy (non-hydrogen) atoms. The van der Waals surface area contributed by atoms with E-state index in [-0.39, 0.29) is 17.8 Å². The van der Waals surface area contributed by atoms with Crippen LogP contribution in [0.4, 0.5) is 4.79 Å². The molecule has 0 aliphatic carbocycles. The Labute approximate surface area is 276 Å². The summed E-state index contributed by atoms with van der Waals surface area (Å²) in [5.74, 6) is 3.36. The number of ether oxygens (including phenoxy) is 6. The second-order valence-corrected chi connectivity index (χ2v) is 11.5. The Balaban J connectivity index is 1.26. The van der Waals surface area contributed by atoms with Crippen molar-refractivity contribution < 1.29 is 38.3 Å². The fraction of sp³-hybridized carbons (Fsp3) is 0.342. The largest absolute Gasteiger partial charge is 0.497 e. The molecule has 0 radical (unpaired) electrons. The number of rotatable bonds is 16. The van der Waals surface area contributed by atoms with Gasteiger partial charge in [0.1, 0.15) is 28.7 Å². The predicted molar refractivity (Wildman–Crippen MR) is 179 cm³/mol. The van der Waals surface area contributed by atoms with Gasteiger partial charge in [0.05, 0.1) is 47.3 Å². The molecule has 2 atom stereocenters. The number of hydrogen-bond acceptors (Lipinski definition) is 7. The van der Waals surface area contributed by atoms with Crippen LogP contribution in [0.2, 0.25) is 0 Å². The van der Waals surface area contributed by atoms with Crippen LogP contribution in [0.1, 0.15) is 23.5 Å². The Morgan fingerprint density at radius 1 is 0.660 bits per heavy atom. The van der Waals surface area contributed by atoms with Gasteiger partial charge in [-0.25, -0.2) is 4.79 Å². The highest BCUT2D eigenvalue weighted by atomic mass is 16.5. The highest BCUT2D eigenvalue weighted by Gasteiger charge is 2.40. The molecule has 0 bridgehead atoms. The highest BCUT2D eigenvalue weighted by Crippen LogP contribution is 2.39. The quantitative estimate of drug-likeness (QED) is 0.129. The van der Waals surface area contributed by atoms with E-state index in [1.807, 2.05) is 78.9 Å². The molecular formula is C38H43NO8. The third kappa shape index (κ3) is 9.80. The molecule has 2 unspecified atom stereocenters. The van der Waals surface area contributed by atoms with Crippen LogP contribution >= 0.6 is 0 Å². The van der Waals surface area contributed by atoms with Crippen molar-refractivity contribution in [1.82, 2.24) is 4.90 Å². The summed E-state index contributed by atoms with van der Waals surface area (Å²) in [6.45, 7) is 3.10. The minimum atomic E-state index is -0.955. The Morgan fingerprint density at radius 3 is 1.66 bits per heavy atom. The zero-order chi connectivity index (χ0) is 32.8. The first-order valence-electron chi connectivity index (χ1n) is 15.9. The molecule has 5 rings (SSSR count). The Hall–Kier alpha value is -4.89. The Kier molecular flexibility index (Phi) is 12.2. The number of nitrogens with zero attached hydrogens (tertiary/aromatic N) is 1. The van der Waals surface area contributed by atoms with Crippen molar-refractivity contribution in [2.24, 2.45) is 11.8 Å². The molecule has 9 nitrogen and oxygen atoms in total. The lowest BCUT2D eigenvalue weighted by molar-refractivity contribution is 0.0472. The van der Waals surface area contributed by atoms with Crippen LogP contribution in [-0.2, 0) is 11.3 Å². The number of likely N-dealkylation sites (tertiary alicyclic amines) is 1. The number of carbonyl (C=O) groups is 1. The van der Waals surface area contributed by atoms with E-state index in [0.29, 0.717) is 57.6 Å². The van der Waals surface area contributed by atoms with E-state index >= 15 is 0 Å². The van der Waals surface area contributed by atoms with E-state index in [9.17, 15) is 9.90 Å². The number of piperidine rings is 1. The minimum absolute atomic E-state index is 0.0254. The average molecular weight is 642 g/mol. The molecule has 1 heterocycles. The van der Waals surface area contributed by atoms with Gasteiger partial charge < -0.3 is 38.4 Å². The second kappa shape index (κ2) is 17.1. The van der Waals surface area contributed by atoms with Gasteiger partial charge in [-0.3, -0.25) is 0 Å². The molecule has 0 saturated carbocycles. The fourth-order valence-electron chi connectivity index (χ4n) is 5.92. The van der Waals surface area contributed by atoms with E-state index in [1.165, 1.54) is 4.90 Å². The molecule has 1 saturated heterocycles. The van der Waals surface area contributed by atoms with Crippen molar-refractivity contribution in [1.29, 1.82) is 0 Å².